The molecule has 0 radical (unpaired) electrons. The first kappa shape index (κ1) is 19.7. The molecule has 1 aliphatic heterocycles. The van der Waals surface area contributed by atoms with E-state index in [9.17, 15) is 14.7 Å². The topological polar surface area (TPSA) is 75.6 Å². The van der Waals surface area contributed by atoms with E-state index >= 15 is 0 Å². The zero-order valence-electron chi connectivity index (χ0n) is 16.2. The van der Waals surface area contributed by atoms with Gasteiger partial charge in [0.15, 0.2) is 0 Å². The van der Waals surface area contributed by atoms with E-state index < -0.39 is 16.9 Å². The number of cyclic esters (lactones) is 1. The molecule has 2 aromatic carbocycles. The van der Waals surface area contributed by atoms with Gasteiger partial charge in [0.05, 0.1) is 5.56 Å². The molecule has 1 heterocycles. The Morgan fingerprint density at radius 2 is 1.93 bits per heavy atom. The van der Waals surface area contributed by atoms with Gasteiger partial charge in [-0.15, -0.1) is 5.92 Å². The molecule has 1 amide bonds. The van der Waals surface area contributed by atoms with Crippen molar-refractivity contribution >= 4 is 17.6 Å². The van der Waals surface area contributed by atoms with Gasteiger partial charge in [-0.05, 0) is 36.1 Å². The number of anilines is 1. The van der Waals surface area contributed by atoms with E-state index in [0.717, 1.165) is 5.56 Å². The quantitative estimate of drug-likeness (QED) is 0.618. The minimum absolute atomic E-state index is 0.128. The monoisotopic (exact) mass is 377 g/mol. The summed E-state index contributed by atoms with van der Waals surface area (Å²) in [7, 11) is 0. The number of hydrogen-bond donors (Lipinski definition) is 2. The van der Waals surface area contributed by atoms with Crippen molar-refractivity contribution in [3.63, 3.8) is 0 Å². The van der Waals surface area contributed by atoms with Crippen molar-refractivity contribution < 1.29 is 19.4 Å². The fraction of sp³-hybridized carbons (Fsp3) is 0.304. The molecule has 0 spiro atoms. The van der Waals surface area contributed by atoms with Crippen molar-refractivity contribution in [1.29, 1.82) is 0 Å². The summed E-state index contributed by atoms with van der Waals surface area (Å²) >= 11 is 0. The highest BCUT2D eigenvalue weighted by Crippen LogP contribution is 2.33. The summed E-state index contributed by atoms with van der Waals surface area (Å²) in [5, 5.41) is 13.8. The molecule has 0 bridgehead atoms. The van der Waals surface area contributed by atoms with Gasteiger partial charge in [0.25, 0.3) is 5.91 Å². The number of nitrogens with one attached hydrogen (secondary N) is 1. The first-order chi connectivity index (χ1) is 13.2. The van der Waals surface area contributed by atoms with Gasteiger partial charge in [-0.1, -0.05) is 50.1 Å². The van der Waals surface area contributed by atoms with E-state index in [-0.39, 0.29) is 19.0 Å². The summed E-state index contributed by atoms with van der Waals surface area (Å²) in [6.07, 6.45) is 0.128. The maximum absolute atomic E-state index is 12.9. The highest BCUT2D eigenvalue weighted by atomic mass is 16.5. The van der Waals surface area contributed by atoms with E-state index in [1.807, 2.05) is 44.2 Å². The summed E-state index contributed by atoms with van der Waals surface area (Å²) < 4.78 is 4.98. The number of rotatable bonds is 5. The normalized spacial score (nSPS) is 14.9. The Labute approximate surface area is 164 Å². The van der Waals surface area contributed by atoms with Crippen LogP contribution in [0.25, 0.3) is 0 Å². The maximum Gasteiger partial charge on any atom is 0.338 e. The fourth-order valence-corrected chi connectivity index (χ4v) is 3.46. The van der Waals surface area contributed by atoms with Gasteiger partial charge in [-0.2, -0.15) is 0 Å². The molecule has 0 aliphatic carbocycles. The minimum Gasteiger partial charge on any atom is -0.457 e. The first-order valence-electron chi connectivity index (χ1n) is 9.08. The van der Waals surface area contributed by atoms with Crippen LogP contribution < -0.4 is 5.32 Å². The molecule has 5 heteroatoms. The molecule has 28 heavy (non-hydrogen) atoms. The smallest absolute Gasteiger partial charge is 0.338 e. The molecule has 144 valence electrons. The Bertz CT molecular complexity index is 969. The van der Waals surface area contributed by atoms with Crippen LogP contribution in [0.4, 0.5) is 5.69 Å². The molecule has 3 rings (SSSR count). The lowest BCUT2D eigenvalue weighted by molar-refractivity contribution is -0.130. The van der Waals surface area contributed by atoms with E-state index in [1.54, 1.807) is 25.1 Å². The Hall–Kier alpha value is -3.10. The third-order valence-electron chi connectivity index (χ3n) is 4.90. The lowest BCUT2D eigenvalue weighted by Gasteiger charge is -2.32. The number of hydrogen-bond acceptors (Lipinski definition) is 4. The molecule has 0 saturated heterocycles. The van der Waals surface area contributed by atoms with Gasteiger partial charge < -0.3 is 15.2 Å². The average Bonchev–Trinajstić information content (AvgIpc) is 3.02. The van der Waals surface area contributed by atoms with Crippen LogP contribution >= 0.6 is 0 Å². The van der Waals surface area contributed by atoms with Gasteiger partial charge >= 0.3 is 5.97 Å². The molecular weight excluding hydrogens is 354 g/mol. The summed E-state index contributed by atoms with van der Waals surface area (Å²) in [6, 6.07) is 14.6. The van der Waals surface area contributed by atoms with Crippen molar-refractivity contribution in [1.82, 2.24) is 0 Å². The van der Waals surface area contributed by atoms with Gasteiger partial charge in [-0.25, -0.2) is 4.79 Å². The number of esters is 1. The lowest BCUT2D eigenvalue weighted by Crippen LogP contribution is -2.46. The predicted molar refractivity (Wildman–Crippen MR) is 107 cm³/mol. The molecule has 2 aromatic rings. The van der Waals surface area contributed by atoms with Crippen LogP contribution in [0.1, 0.15) is 48.7 Å². The second-order valence-corrected chi connectivity index (χ2v) is 7.56. The SMILES string of the molecule is CC#CC(O)(CC(C)(C)c1ccccc1)C(=O)Nc1ccc2c(c1)COC2=O. The van der Waals surface area contributed by atoms with E-state index in [1.165, 1.54) is 0 Å². The van der Waals surface area contributed by atoms with Crippen LogP contribution in [-0.4, -0.2) is 22.6 Å². The number of carbonyl (C=O) groups is 2. The highest BCUT2D eigenvalue weighted by molar-refractivity contribution is 6.00. The largest absolute Gasteiger partial charge is 0.457 e. The maximum atomic E-state index is 12.9. The van der Waals surface area contributed by atoms with Crippen LogP contribution in [0.3, 0.4) is 0 Å². The fourth-order valence-electron chi connectivity index (χ4n) is 3.46. The zero-order chi connectivity index (χ0) is 20.4. The van der Waals surface area contributed by atoms with Crippen LogP contribution in [0.5, 0.6) is 0 Å². The Morgan fingerprint density at radius 1 is 1.21 bits per heavy atom. The van der Waals surface area contributed by atoms with E-state index in [4.69, 9.17) is 4.74 Å². The van der Waals surface area contributed by atoms with Gasteiger partial charge in [0.2, 0.25) is 5.60 Å². The third-order valence-corrected chi connectivity index (χ3v) is 4.90. The number of ether oxygens (including phenoxy) is 1. The molecule has 1 unspecified atom stereocenters. The number of amides is 1. The van der Waals surface area contributed by atoms with Crippen molar-refractivity contribution in [2.45, 2.75) is 44.8 Å². The molecular formula is C23H23NO4. The van der Waals surface area contributed by atoms with Crippen LogP contribution in [0.2, 0.25) is 0 Å². The Kier molecular flexibility index (Phi) is 5.26. The Balaban J connectivity index is 1.83. The third kappa shape index (κ3) is 3.92. The number of aliphatic hydroxyl groups is 1. The van der Waals surface area contributed by atoms with Crippen LogP contribution in [0, 0.1) is 11.8 Å². The zero-order valence-corrected chi connectivity index (χ0v) is 16.2. The van der Waals surface area contributed by atoms with Gasteiger partial charge in [0, 0.05) is 17.7 Å². The highest BCUT2D eigenvalue weighted by Gasteiger charge is 2.40. The van der Waals surface area contributed by atoms with Crippen molar-refractivity contribution in [3.8, 4) is 11.8 Å². The molecule has 0 saturated carbocycles. The van der Waals surface area contributed by atoms with Gasteiger partial charge in [0.1, 0.15) is 6.61 Å². The van der Waals surface area contributed by atoms with Gasteiger partial charge in [-0.3, -0.25) is 4.79 Å². The number of carbonyl (C=O) groups excluding carboxylic acids is 2. The summed E-state index contributed by atoms with van der Waals surface area (Å²) in [6.45, 7) is 5.70. The lowest BCUT2D eigenvalue weighted by atomic mass is 9.75. The van der Waals surface area contributed by atoms with Crippen molar-refractivity contribution in [2.75, 3.05) is 5.32 Å². The van der Waals surface area contributed by atoms with Crippen LogP contribution in [0.15, 0.2) is 48.5 Å². The first-order valence-corrected chi connectivity index (χ1v) is 9.08. The summed E-state index contributed by atoms with van der Waals surface area (Å²) in [5.74, 6) is 4.38. The summed E-state index contributed by atoms with van der Waals surface area (Å²) in [5.41, 5.74) is 0.349. The Morgan fingerprint density at radius 3 is 2.61 bits per heavy atom. The molecule has 2 N–H and O–H groups in total. The van der Waals surface area contributed by atoms with E-state index in [2.05, 4.69) is 17.2 Å². The molecule has 0 aromatic heterocycles. The standard InChI is InChI=1S/C23H23NO4/c1-4-12-23(27,15-22(2,3)17-8-6-5-7-9-17)21(26)24-18-10-11-19-16(13-18)14-28-20(19)25/h5-11,13,27H,14-15H2,1-3H3,(H,24,26). The molecule has 1 aliphatic rings. The second-order valence-electron chi connectivity index (χ2n) is 7.56. The van der Waals surface area contributed by atoms with E-state index in [0.29, 0.717) is 16.8 Å². The van der Waals surface area contributed by atoms with Crippen molar-refractivity contribution in [2.24, 2.45) is 0 Å². The summed E-state index contributed by atoms with van der Waals surface area (Å²) in [4.78, 5) is 24.5. The second kappa shape index (κ2) is 7.49. The molecule has 0 fully saturated rings. The van der Waals surface area contributed by atoms with Crippen LogP contribution in [-0.2, 0) is 21.6 Å². The number of benzene rings is 2. The number of fused-ring (bicyclic) bond motifs is 1. The average molecular weight is 377 g/mol. The minimum atomic E-state index is -1.86. The molecule has 5 nitrogen and oxygen atoms in total. The molecule has 1 atom stereocenters. The predicted octanol–water partition coefficient (Wildman–Crippen LogP) is 3.42. The van der Waals surface area contributed by atoms with Crippen molar-refractivity contribution in [3.05, 3.63) is 65.2 Å².